The van der Waals surface area contributed by atoms with E-state index in [9.17, 15) is 9.59 Å². The van der Waals surface area contributed by atoms with Gasteiger partial charge in [0.05, 0.1) is 0 Å². The predicted molar refractivity (Wildman–Crippen MR) is 73.4 cm³/mol. The fourth-order valence-electron chi connectivity index (χ4n) is 1.29. The Bertz CT molecular complexity index is 387. The molecule has 0 radical (unpaired) electrons. The number of nitrogens with two attached hydrogens (primary N) is 2. The maximum Gasteiger partial charge on any atom is 0.214 e. The summed E-state index contributed by atoms with van der Waals surface area (Å²) in [7, 11) is 0. The third-order valence-corrected chi connectivity index (χ3v) is 5.27. The number of carbonyl (C=O) groups excluding carboxylic acids is 2. The molecular formula is C14H20N2O2Zr. The minimum atomic E-state index is -0.333. The topological polar surface area (TPSA) is 86.2 Å². The molecule has 2 amide bonds. The third kappa shape index (κ3) is 13.0. The Morgan fingerprint density at radius 3 is 1.47 bits per heavy atom. The molecule has 4 nitrogen and oxygen atoms in total. The first kappa shape index (κ1) is 17.8. The average Bonchev–Trinajstić information content (AvgIpc) is 2.89. The van der Waals surface area contributed by atoms with Crippen LogP contribution in [0.2, 0.25) is 0 Å². The zero-order chi connectivity index (χ0) is 14.7. The molecule has 0 aromatic carbocycles. The second-order valence-corrected chi connectivity index (χ2v) is 7.77. The number of amides is 2. The standard InChI is InChI=1S/2C5H5.2C2H5NO.Zr/c2*1-2-4-5-3-1;2*1-2(3)4;/h2*1-3H,4H2;2*1H3,(H2,3,4);. The van der Waals surface area contributed by atoms with Crippen molar-refractivity contribution in [3.8, 4) is 0 Å². The van der Waals surface area contributed by atoms with E-state index >= 15 is 0 Å². The van der Waals surface area contributed by atoms with Crippen LogP contribution in [0.25, 0.3) is 0 Å². The molecule has 0 aromatic rings. The minimum Gasteiger partial charge on any atom is -0.370 e. The minimum absolute atomic E-state index is 0.312. The van der Waals surface area contributed by atoms with E-state index in [1.54, 1.807) is 6.56 Å². The summed E-state index contributed by atoms with van der Waals surface area (Å²) in [5.74, 6) is -0.667. The summed E-state index contributed by atoms with van der Waals surface area (Å²) in [6.07, 6.45) is 16.0. The van der Waals surface area contributed by atoms with Crippen molar-refractivity contribution in [1.29, 1.82) is 0 Å². The summed E-state index contributed by atoms with van der Waals surface area (Å²) < 4.78 is 3.45. The zero-order valence-electron chi connectivity index (χ0n) is 11.3. The van der Waals surface area contributed by atoms with Crippen LogP contribution in [0.4, 0.5) is 0 Å². The molecule has 0 unspecified atom stereocenters. The van der Waals surface area contributed by atoms with Crippen LogP contribution in [-0.4, -0.2) is 11.8 Å². The van der Waals surface area contributed by atoms with E-state index in [-0.39, 0.29) is 35.0 Å². The van der Waals surface area contributed by atoms with Crippen molar-refractivity contribution in [3.05, 3.63) is 43.0 Å². The first-order valence-corrected chi connectivity index (χ1v) is 8.38. The molecule has 2 rings (SSSR count). The molecular weight excluding hydrogens is 319 g/mol. The molecule has 0 saturated carbocycles. The zero-order valence-corrected chi connectivity index (χ0v) is 13.8. The average molecular weight is 340 g/mol. The van der Waals surface area contributed by atoms with Crippen LogP contribution in [0.3, 0.4) is 0 Å². The van der Waals surface area contributed by atoms with E-state index in [0.29, 0.717) is 0 Å². The first-order chi connectivity index (χ1) is 8.91. The van der Waals surface area contributed by atoms with Crippen molar-refractivity contribution < 1.29 is 32.8 Å². The molecule has 0 aromatic heterocycles. The molecule has 0 fully saturated rings. The van der Waals surface area contributed by atoms with Crippen LogP contribution in [0.15, 0.2) is 43.0 Å². The van der Waals surface area contributed by atoms with Crippen LogP contribution in [0.5, 0.6) is 0 Å². The molecule has 2 aliphatic rings. The molecule has 5 heteroatoms. The Balaban J connectivity index is 0.000000342. The van der Waals surface area contributed by atoms with E-state index < -0.39 is 0 Å². The monoisotopic (exact) mass is 338 g/mol. The molecule has 19 heavy (non-hydrogen) atoms. The SMILES string of the molecule is C1=CC[C]([Zr][C]2=CC=CC2)=C1.CC(N)=O.CC(N)=O. The smallest absolute Gasteiger partial charge is 0.214 e. The number of allylic oxidation sites excluding steroid dienone is 8. The van der Waals surface area contributed by atoms with Gasteiger partial charge in [0.25, 0.3) is 0 Å². The summed E-state index contributed by atoms with van der Waals surface area (Å²) in [5, 5.41) is 0. The largest absolute Gasteiger partial charge is 0.370 e. The fourth-order valence-corrected chi connectivity index (χ4v) is 4.26. The second-order valence-electron chi connectivity index (χ2n) is 3.99. The van der Waals surface area contributed by atoms with E-state index in [1.165, 1.54) is 26.7 Å². The summed E-state index contributed by atoms with van der Waals surface area (Å²) in [5.41, 5.74) is 8.94. The van der Waals surface area contributed by atoms with Gasteiger partial charge in [0, 0.05) is 13.8 Å². The third-order valence-electron chi connectivity index (χ3n) is 1.86. The molecule has 0 aliphatic heterocycles. The van der Waals surface area contributed by atoms with Crippen molar-refractivity contribution in [1.82, 2.24) is 0 Å². The second kappa shape index (κ2) is 10.7. The van der Waals surface area contributed by atoms with Crippen molar-refractivity contribution >= 4 is 11.8 Å². The number of hydrogen-bond donors (Lipinski definition) is 2. The normalized spacial score (nSPS) is 14.4. The van der Waals surface area contributed by atoms with Crippen LogP contribution in [0, 0.1) is 0 Å². The quantitative estimate of drug-likeness (QED) is 0.803. The molecule has 0 saturated heterocycles. The first-order valence-electron chi connectivity index (χ1n) is 5.92. The van der Waals surface area contributed by atoms with Gasteiger partial charge >= 0.3 is 79.1 Å². The van der Waals surface area contributed by atoms with Crippen molar-refractivity contribution in [2.75, 3.05) is 0 Å². The van der Waals surface area contributed by atoms with Crippen LogP contribution >= 0.6 is 0 Å². The van der Waals surface area contributed by atoms with Gasteiger partial charge in [-0.1, -0.05) is 0 Å². The predicted octanol–water partition coefficient (Wildman–Crippen LogP) is 1.74. The summed E-state index contributed by atoms with van der Waals surface area (Å²) in [4.78, 5) is 18.4. The van der Waals surface area contributed by atoms with E-state index in [2.05, 4.69) is 47.9 Å². The molecule has 4 N–H and O–H groups in total. The summed E-state index contributed by atoms with van der Waals surface area (Å²) in [6.45, 7) is 2.61. The maximum atomic E-state index is 9.22. The Morgan fingerprint density at radius 1 is 0.947 bits per heavy atom. The van der Waals surface area contributed by atoms with E-state index in [0.717, 1.165) is 0 Å². The van der Waals surface area contributed by atoms with Gasteiger partial charge in [-0.2, -0.15) is 0 Å². The molecule has 0 heterocycles. The Morgan fingerprint density at radius 2 is 1.26 bits per heavy atom. The molecule has 0 bridgehead atoms. The van der Waals surface area contributed by atoms with Gasteiger partial charge in [-0.05, 0) is 0 Å². The van der Waals surface area contributed by atoms with Gasteiger partial charge < -0.3 is 11.5 Å². The molecule has 102 valence electrons. The fraction of sp³-hybridized carbons (Fsp3) is 0.286. The van der Waals surface area contributed by atoms with Crippen molar-refractivity contribution in [3.63, 3.8) is 0 Å². The van der Waals surface area contributed by atoms with E-state index in [1.807, 2.05) is 0 Å². The Hall–Kier alpha value is -1.22. The summed E-state index contributed by atoms with van der Waals surface area (Å²) >= 11 is -0.312. The van der Waals surface area contributed by atoms with Crippen LogP contribution in [0.1, 0.15) is 26.7 Å². The maximum absolute atomic E-state index is 9.22. The van der Waals surface area contributed by atoms with Gasteiger partial charge in [-0.3, -0.25) is 9.59 Å². The van der Waals surface area contributed by atoms with Crippen LogP contribution in [-0.2, 0) is 32.8 Å². The van der Waals surface area contributed by atoms with Gasteiger partial charge in [-0.25, -0.2) is 0 Å². The summed E-state index contributed by atoms with van der Waals surface area (Å²) in [6, 6.07) is 0. The number of primary amides is 2. The molecule has 0 atom stereocenters. The van der Waals surface area contributed by atoms with E-state index in [4.69, 9.17) is 0 Å². The van der Waals surface area contributed by atoms with Gasteiger partial charge in [0.2, 0.25) is 11.8 Å². The Kier molecular flexibility index (Phi) is 10.00. The number of hydrogen-bond acceptors (Lipinski definition) is 2. The van der Waals surface area contributed by atoms with Crippen molar-refractivity contribution in [2.45, 2.75) is 26.7 Å². The number of rotatable bonds is 2. The molecule has 2 aliphatic carbocycles. The van der Waals surface area contributed by atoms with Gasteiger partial charge in [0.15, 0.2) is 0 Å². The molecule has 0 spiro atoms. The van der Waals surface area contributed by atoms with Gasteiger partial charge in [0.1, 0.15) is 0 Å². The van der Waals surface area contributed by atoms with Gasteiger partial charge in [-0.15, -0.1) is 0 Å². The Labute approximate surface area is 125 Å². The van der Waals surface area contributed by atoms with Crippen molar-refractivity contribution in [2.24, 2.45) is 11.5 Å². The van der Waals surface area contributed by atoms with Crippen LogP contribution < -0.4 is 11.5 Å². The number of carbonyl (C=O) groups is 2.